The van der Waals surface area contributed by atoms with Crippen molar-refractivity contribution in [2.75, 3.05) is 12.3 Å². The lowest BCUT2D eigenvalue weighted by Gasteiger charge is -2.05. The van der Waals surface area contributed by atoms with Gasteiger partial charge < -0.3 is 11.1 Å². The van der Waals surface area contributed by atoms with E-state index in [9.17, 15) is 4.79 Å². The van der Waals surface area contributed by atoms with E-state index in [2.05, 4.69) is 38.1 Å². The molecule has 0 saturated heterocycles. The third kappa shape index (κ3) is 1.78. The second-order valence-electron chi connectivity index (χ2n) is 6.31. The molecule has 0 aliphatic heterocycles. The lowest BCUT2D eigenvalue weighted by Crippen LogP contribution is -2.28. The van der Waals surface area contributed by atoms with Crippen LogP contribution in [0, 0.1) is 16.7 Å². The Bertz CT molecular complexity index is 473. The minimum Gasteiger partial charge on any atom is -0.396 e. The van der Waals surface area contributed by atoms with E-state index in [0.29, 0.717) is 23.8 Å². The zero-order valence-electron chi connectivity index (χ0n) is 11.7. The summed E-state index contributed by atoms with van der Waals surface area (Å²) in [6.07, 6.45) is 1.64. The van der Waals surface area contributed by atoms with Crippen LogP contribution in [0.3, 0.4) is 0 Å². The van der Waals surface area contributed by atoms with Crippen LogP contribution in [0.1, 0.15) is 38.2 Å². The quantitative estimate of drug-likeness (QED) is 0.852. The molecule has 1 saturated carbocycles. The van der Waals surface area contributed by atoms with Crippen LogP contribution < -0.4 is 11.1 Å². The fraction of sp³-hybridized carbons (Fsp3) is 0.692. The van der Waals surface area contributed by atoms with Crippen molar-refractivity contribution in [2.24, 2.45) is 23.8 Å². The first-order chi connectivity index (χ1) is 8.18. The maximum absolute atomic E-state index is 12.0. The van der Waals surface area contributed by atoms with Crippen LogP contribution in [0.25, 0.3) is 0 Å². The molecule has 5 nitrogen and oxygen atoms in total. The molecule has 100 valence electrons. The van der Waals surface area contributed by atoms with Gasteiger partial charge in [-0.25, -0.2) is 0 Å². The number of carbonyl (C=O) groups excluding carboxylic acids is 1. The number of nitrogens with two attached hydrogens (primary N) is 1. The zero-order chi connectivity index (χ0) is 13.7. The van der Waals surface area contributed by atoms with Crippen LogP contribution in [-0.2, 0) is 7.05 Å². The second kappa shape index (κ2) is 3.73. The lowest BCUT2D eigenvalue weighted by molar-refractivity contribution is 0.0945. The molecule has 1 fully saturated rings. The molecule has 5 heteroatoms. The number of amides is 1. The number of nitrogens with one attached hydrogen (secondary N) is 1. The number of carbonyl (C=O) groups is 1. The van der Waals surface area contributed by atoms with Crippen LogP contribution in [0.15, 0.2) is 6.20 Å². The molecular weight excluding hydrogens is 228 g/mol. The smallest absolute Gasteiger partial charge is 0.273 e. The van der Waals surface area contributed by atoms with E-state index >= 15 is 0 Å². The fourth-order valence-electron chi connectivity index (χ4n) is 2.81. The molecule has 0 bridgehead atoms. The molecule has 0 radical (unpaired) electrons. The minimum atomic E-state index is -0.188. The molecule has 1 amide bonds. The molecule has 1 aromatic rings. The summed E-state index contributed by atoms with van der Waals surface area (Å²) in [4.78, 5) is 12.0. The van der Waals surface area contributed by atoms with Crippen molar-refractivity contribution in [2.45, 2.75) is 27.7 Å². The molecule has 0 atom stereocenters. The van der Waals surface area contributed by atoms with E-state index in [0.717, 1.165) is 0 Å². The van der Waals surface area contributed by atoms with Gasteiger partial charge in [-0.15, -0.1) is 0 Å². The van der Waals surface area contributed by atoms with Gasteiger partial charge in [-0.3, -0.25) is 9.48 Å². The molecule has 2 rings (SSSR count). The molecule has 3 N–H and O–H groups in total. The number of anilines is 1. The highest BCUT2D eigenvalue weighted by atomic mass is 16.2. The van der Waals surface area contributed by atoms with E-state index in [1.54, 1.807) is 17.9 Å². The molecule has 18 heavy (non-hydrogen) atoms. The van der Waals surface area contributed by atoms with Gasteiger partial charge in [0.2, 0.25) is 0 Å². The van der Waals surface area contributed by atoms with Crippen LogP contribution in [0.4, 0.5) is 5.69 Å². The zero-order valence-corrected chi connectivity index (χ0v) is 11.7. The standard InChI is InChI=1S/C13H22N4O/c1-12(2)9(13(12,3)4)6-15-11(18)10-8(14)7-17(5)16-10/h7,9H,6,14H2,1-5H3,(H,15,18). The Labute approximate surface area is 108 Å². The molecule has 1 aliphatic rings. The number of nitrogen functional groups attached to an aromatic ring is 1. The first-order valence-electron chi connectivity index (χ1n) is 6.25. The summed E-state index contributed by atoms with van der Waals surface area (Å²) in [5.74, 6) is 0.311. The third-order valence-corrected chi connectivity index (χ3v) is 4.86. The summed E-state index contributed by atoms with van der Waals surface area (Å²) in [7, 11) is 1.75. The summed E-state index contributed by atoms with van der Waals surface area (Å²) in [6.45, 7) is 9.62. The van der Waals surface area contributed by atoms with Gasteiger partial charge in [0.25, 0.3) is 5.91 Å². The monoisotopic (exact) mass is 250 g/mol. The second-order valence-corrected chi connectivity index (χ2v) is 6.31. The van der Waals surface area contributed by atoms with E-state index in [4.69, 9.17) is 5.73 Å². The minimum absolute atomic E-state index is 0.188. The fourth-order valence-corrected chi connectivity index (χ4v) is 2.81. The maximum Gasteiger partial charge on any atom is 0.273 e. The summed E-state index contributed by atoms with van der Waals surface area (Å²) >= 11 is 0. The summed E-state index contributed by atoms with van der Waals surface area (Å²) < 4.78 is 1.55. The molecular formula is C13H22N4O. The van der Waals surface area contributed by atoms with Crippen LogP contribution >= 0.6 is 0 Å². The summed E-state index contributed by atoms with van der Waals surface area (Å²) in [5.41, 5.74) is 7.01. The SMILES string of the molecule is Cn1cc(N)c(C(=O)NCC2C(C)(C)C2(C)C)n1. The molecule has 0 spiro atoms. The predicted molar refractivity (Wildman–Crippen MR) is 71.0 cm³/mol. The number of nitrogens with zero attached hydrogens (tertiary/aromatic N) is 2. The number of hydrogen-bond donors (Lipinski definition) is 2. The number of aromatic nitrogens is 2. The number of hydrogen-bond acceptors (Lipinski definition) is 3. The summed E-state index contributed by atoms with van der Waals surface area (Å²) in [5, 5.41) is 6.99. The van der Waals surface area contributed by atoms with Crippen molar-refractivity contribution in [3.05, 3.63) is 11.9 Å². The lowest BCUT2D eigenvalue weighted by atomic mass is 10.0. The number of aryl methyl sites for hydroxylation is 1. The Hall–Kier alpha value is -1.52. The van der Waals surface area contributed by atoms with Crippen molar-refractivity contribution < 1.29 is 4.79 Å². The van der Waals surface area contributed by atoms with Crippen LogP contribution in [0.2, 0.25) is 0 Å². The van der Waals surface area contributed by atoms with Gasteiger partial charge in [0.15, 0.2) is 5.69 Å². The van der Waals surface area contributed by atoms with Crippen LogP contribution in [0.5, 0.6) is 0 Å². The number of rotatable bonds is 3. The van der Waals surface area contributed by atoms with Crippen molar-refractivity contribution in [1.29, 1.82) is 0 Å². The molecule has 1 aromatic heterocycles. The van der Waals surface area contributed by atoms with Crippen molar-refractivity contribution in [1.82, 2.24) is 15.1 Å². The average Bonchev–Trinajstić information content (AvgIpc) is 2.54. The normalized spacial score (nSPS) is 20.7. The van der Waals surface area contributed by atoms with Gasteiger partial charge in [-0.2, -0.15) is 5.10 Å². The molecule has 0 unspecified atom stereocenters. The largest absolute Gasteiger partial charge is 0.396 e. The average molecular weight is 250 g/mol. The highest BCUT2D eigenvalue weighted by Gasteiger charge is 2.64. The van der Waals surface area contributed by atoms with Gasteiger partial charge in [-0.05, 0) is 16.7 Å². The van der Waals surface area contributed by atoms with E-state index in [-0.39, 0.29) is 16.7 Å². The molecule has 1 aliphatic carbocycles. The van der Waals surface area contributed by atoms with Crippen molar-refractivity contribution in [3.63, 3.8) is 0 Å². The van der Waals surface area contributed by atoms with Gasteiger partial charge in [0, 0.05) is 19.8 Å². The van der Waals surface area contributed by atoms with Gasteiger partial charge in [-0.1, -0.05) is 27.7 Å². The van der Waals surface area contributed by atoms with Gasteiger partial charge >= 0.3 is 0 Å². The topological polar surface area (TPSA) is 72.9 Å². The first-order valence-corrected chi connectivity index (χ1v) is 6.25. The summed E-state index contributed by atoms with van der Waals surface area (Å²) in [6, 6.07) is 0. The molecule has 1 heterocycles. The van der Waals surface area contributed by atoms with E-state index in [1.807, 2.05) is 0 Å². The third-order valence-electron chi connectivity index (χ3n) is 4.86. The highest BCUT2D eigenvalue weighted by Crippen LogP contribution is 2.67. The Morgan fingerprint density at radius 1 is 1.44 bits per heavy atom. The first kappa shape index (κ1) is 12.9. The van der Waals surface area contributed by atoms with E-state index < -0.39 is 0 Å². The Balaban J connectivity index is 1.97. The van der Waals surface area contributed by atoms with Crippen molar-refractivity contribution >= 4 is 11.6 Å². The van der Waals surface area contributed by atoms with Gasteiger partial charge in [0.05, 0.1) is 5.69 Å². The Kier molecular flexibility index (Phi) is 2.68. The highest BCUT2D eigenvalue weighted by molar-refractivity contribution is 5.97. The molecule has 0 aromatic carbocycles. The Morgan fingerprint density at radius 3 is 2.39 bits per heavy atom. The maximum atomic E-state index is 12.0. The van der Waals surface area contributed by atoms with Crippen LogP contribution in [-0.4, -0.2) is 22.2 Å². The Morgan fingerprint density at radius 2 is 2.00 bits per heavy atom. The predicted octanol–water partition coefficient (Wildman–Crippen LogP) is 1.41. The van der Waals surface area contributed by atoms with Gasteiger partial charge in [0.1, 0.15) is 0 Å². The van der Waals surface area contributed by atoms with Crippen molar-refractivity contribution in [3.8, 4) is 0 Å². The van der Waals surface area contributed by atoms with E-state index in [1.165, 1.54) is 0 Å².